The molecule has 0 aliphatic carbocycles. The molecule has 0 radical (unpaired) electrons. The van der Waals surface area contributed by atoms with E-state index in [0.717, 1.165) is 12.3 Å². The molecule has 0 aromatic heterocycles. The smallest absolute Gasteiger partial charge is 0.171 e. The fourth-order valence-corrected chi connectivity index (χ4v) is 1.35. The van der Waals surface area contributed by atoms with Crippen molar-refractivity contribution < 1.29 is 9.47 Å². The minimum Gasteiger partial charge on any atom is -0.354 e. The van der Waals surface area contributed by atoms with E-state index in [1.807, 2.05) is 7.05 Å². The van der Waals surface area contributed by atoms with Crippen LogP contribution in [0, 0.1) is 5.92 Å². The van der Waals surface area contributed by atoms with E-state index in [1.165, 1.54) is 6.42 Å². The summed E-state index contributed by atoms with van der Waals surface area (Å²) in [4.78, 5) is 0. The van der Waals surface area contributed by atoms with Gasteiger partial charge < -0.3 is 14.8 Å². The molecule has 0 aromatic rings. The van der Waals surface area contributed by atoms with Gasteiger partial charge in [0.2, 0.25) is 0 Å². The summed E-state index contributed by atoms with van der Waals surface area (Å²) in [6.07, 6.45) is 2.14. The second-order valence-electron chi connectivity index (χ2n) is 3.71. The van der Waals surface area contributed by atoms with Crippen molar-refractivity contribution in [1.29, 1.82) is 0 Å². The zero-order chi connectivity index (χ0) is 10.3. The van der Waals surface area contributed by atoms with E-state index in [-0.39, 0.29) is 12.3 Å². The Labute approximate surface area is 81.8 Å². The van der Waals surface area contributed by atoms with Crippen LogP contribution in [0.1, 0.15) is 26.7 Å². The largest absolute Gasteiger partial charge is 0.354 e. The summed E-state index contributed by atoms with van der Waals surface area (Å²) in [5, 5.41) is 3.21. The Hall–Kier alpha value is -0.120. The van der Waals surface area contributed by atoms with Crippen molar-refractivity contribution in [2.24, 2.45) is 5.92 Å². The molecule has 0 rings (SSSR count). The molecule has 0 spiro atoms. The standard InChI is InChI=1S/C10H23NO2/c1-8(2)6-7-9(11-3)10(12-4)13-5/h8-11H,6-7H2,1-5H3. The summed E-state index contributed by atoms with van der Waals surface area (Å²) in [7, 11) is 5.29. The monoisotopic (exact) mass is 189 g/mol. The van der Waals surface area contributed by atoms with E-state index in [4.69, 9.17) is 9.47 Å². The molecule has 13 heavy (non-hydrogen) atoms. The molecular weight excluding hydrogens is 166 g/mol. The number of likely N-dealkylation sites (N-methyl/N-ethyl adjacent to an activating group) is 1. The molecule has 0 aromatic carbocycles. The minimum absolute atomic E-state index is 0.135. The highest BCUT2D eigenvalue weighted by molar-refractivity contribution is 4.69. The minimum atomic E-state index is -0.135. The van der Waals surface area contributed by atoms with Crippen LogP contribution in [-0.2, 0) is 9.47 Å². The van der Waals surface area contributed by atoms with Crippen LogP contribution in [0.15, 0.2) is 0 Å². The molecule has 1 atom stereocenters. The molecule has 0 amide bonds. The van der Waals surface area contributed by atoms with E-state index >= 15 is 0 Å². The zero-order valence-corrected chi connectivity index (χ0v) is 9.46. The third kappa shape index (κ3) is 5.24. The van der Waals surface area contributed by atoms with Crippen molar-refractivity contribution in [1.82, 2.24) is 5.32 Å². The van der Waals surface area contributed by atoms with Gasteiger partial charge in [-0.3, -0.25) is 0 Å². The van der Waals surface area contributed by atoms with Gasteiger partial charge in [-0.1, -0.05) is 13.8 Å². The number of ether oxygens (including phenoxy) is 2. The molecule has 0 bridgehead atoms. The Morgan fingerprint density at radius 2 is 1.62 bits per heavy atom. The Bertz CT molecular complexity index is 113. The van der Waals surface area contributed by atoms with E-state index in [1.54, 1.807) is 14.2 Å². The van der Waals surface area contributed by atoms with Gasteiger partial charge in [0.25, 0.3) is 0 Å². The summed E-state index contributed by atoms with van der Waals surface area (Å²) < 4.78 is 10.4. The highest BCUT2D eigenvalue weighted by Gasteiger charge is 2.18. The van der Waals surface area contributed by atoms with Crippen LogP contribution < -0.4 is 5.32 Å². The lowest BCUT2D eigenvalue weighted by Crippen LogP contribution is -2.40. The van der Waals surface area contributed by atoms with E-state index in [2.05, 4.69) is 19.2 Å². The van der Waals surface area contributed by atoms with Crippen molar-refractivity contribution >= 4 is 0 Å². The number of nitrogens with one attached hydrogen (secondary N) is 1. The van der Waals surface area contributed by atoms with Crippen LogP contribution in [0.4, 0.5) is 0 Å². The van der Waals surface area contributed by atoms with Crippen molar-refractivity contribution in [2.75, 3.05) is 21.3 Å². The van der Waals surface area contributed by atoms with Crippen LogP contribution in [0.5, 0.6) is 0 Å². The second kappa shape index (κ2) is 7.30. The summed E-state index contributed by atoms with van der Waals surface area (Å²) in [6.45, 7) is 4.45. The lowest BCUT2D eigenvalue weighted by molar-refractivity contribution is -0.123. The van der Waals surface area contributed by atoms with Gasteiger partial charge in [0.1, 0.15) is 0 Å². The number of rotatable bonds is 7. The van der Waals surface area contributed by atoms with Gasteiger partial charge in [-0.15, -0.1) is 0 Å². The fraction of sp³-hybridized carbons (Fsp3) is 1.00. The predicted molar refractivity (Wildman–Crippen MR) is 54.7 cm³/mol. The third-order valence-corrected chi connectivity index (χ3v) is 2.22. The van der Waals surface area contributed by atoms with E-state index in [0.29, 0.717) is 0 Å². The first-order valence-electron chi connectivity index (χ1n) is 4.88. The molecule has 1 N–H and O–H groups in total. The van der Waals surface area contributed by atoms with Crippen LogP contribution >= 0.6 is 0 Å². The predicted octanol–water partition coefficient (Wildman–Crippen LogP) is 1.63. The molecule has 3 nitrogen and oxygen atoms in total. The van der Waals surface area contributed by atoms with E-state index in [9.17, 15) is 0 Å². The molecule has 0 heterocycles. The molecule has 1 unspecified atom stereocenters. The van der Waals surface area contributed by atoms with Crippen LogP contribution in [0.2, 0.25) is 0 Å². The van der Waals surface area contributed by atoms with Crippen LogP contribution in [-0.4, -0.2) is 33.6 Å². The average Bonchev–Trinajstić information content (AvgIpc) is 2.11. The summed E-state index contributed by atoms with van der Waals surface area (Å²) in [5.41, 5.74) is 0. The van der Waals surface area contributed by atoms with Crippen LogP contribution in [0.3, 0.4) is 0 Å². The first-order valence-corrected chi connectivity index (χ1v) is 4.88. The molecule has 0 saturated heterocycles. The van der Waals surface area contributed by atoms with E-state index < -0.39 is 0 Å². The van der Waals surface area contributed by atoms with Gasteiger partial charge in [-0.25, -0.2) is 0 Å². The maximum absolute atomic E-state index is 5.20. The number of methoxy groups -OCH3 is 2. The van der Waals surface area contributed by atoms with Gasteiger partial charge in [0.05, 0.1) is 6.04 Å². The van der Waals surface area contributed by atoms with Gasteiger partial charge in [-0.05, 0) is 25.8 Å². The topological polar surface area (TPSA) is 30.5 Å². The van der Waals surface area contributed by atoms with Gasteiger partial charge in [0, 0.05) is 14.2 Å². The highest BCUT2D eigenvalue weighted by atomic mass is 16.7. The molecular formula is C10H23NO2. The Morgan fingerprint density at radius 1 is 1.08 bits per heavy atom. The summed E-state index contributed by atoms with van der Waals surface area (Å²) in [6, 6.07) is 0.289. The molecule has 3 heteroatoms. The molecule has 0 fully saturated rings. The Kier molecular flexibility index (Phi) is 7.23. The maximum atomic E-state index is 5.20. The lowest BCUT2D eigenvalue weighted by Gasteiger charge is -2.24. The number of hydrogen-bond donors (Lipinski definition) is 1. The first kappa shape index (κ1) is 12.9. The third-order valence-electron chi connectivity index (χ3n) is 2.22. The zero-order valence-electron chi connectivity index (χ0n) is 9.46. The SMILES string of the molecule is CNC(CCC(C)C)C(OC)OC. The van der Waals surface area contributed by atoms with Gasteiger partial charge in [-0.2, -0.15) is 0 Å². The lowest BCUT2D eigenvalue weighted by atomic mass is 10.0. The highest BCUT2D eigenvalue weighted by Crippen LogP contribution is 2.11. The molecule has 80 valence electrons. The van der Waals surface area contributed by atoms with Gasteiger partial charge >= 0.3 is 0 Å². The Morgan fingerprint density at radius 3 is 1.92 bits per heavy atom. The van der Waals surface area contributed by atoms with Crippen molar-refractivity contribution in [3.8, 4) is 0 Å². The summed E-state index contributed by atoms with van der Waals surface area (Å²) >= 11 is 0. The average molecular weight is 189 g/mol. The van der Waals surface area contributed by atoms with Crippen molar-refractivity contribution in [3.63, 3.8) is 0 Å². The normalized spacial score (nSPS) is 14.1. The van der Waals surface area contributed by atoms with Gasteiger partial charge in [0.15, 0.2) is 6.29 Å². The quantitative estimate of drug-likeness (QED) is 0.617. The second-order valence-corrected chi connectivity index (χ2v) is 3.71. The molecule has 0 aliphatic heterocycles. The number of hydrogen-bond acceptors (Lipinski definition) is 3. The molecule has 0 aliphatic rings. The fourth-order valence-electron chi connectivity index (χ4n) is 1.35. The Balaban J connectivity index is 3.85. The first-order chi connectivity index (χ1) is 6.15. The van der Waals surface area contributed by atoms with Crippen molar-refractivity contribution in [3.05, 3.63) is 0 Å². The van der Waals surface area contributed by atoms with Crippen LogP contribution in [0.25, 0.3) is 0 Å². The maximum Gasteiger partial charge on any atom is 0.171 e. The summed E-state index contributed by atoms with van der Waals surface area (Å²) in [5.74, 6) is 0.727. The van der Waals surface area contributed by atoms with Crippen molar-refractivity contribution in [2.45, 2.75) is 39.0 Å². The molecule has 0 saturated carbocycles.